The van der Waals surface area contributed by atoms with Crippen LogP contribution in [0.1, 0.15) is 53.6 Å². The summed E-state index contributed by atoms with van der Waals surface area (Å²) in [6.07, 6.45) is 5.42. The number of unbranched alkanes of at least 4 members (excludes halogenated alkanes) is 1. The molecule has 2 aromatic heterocycles. The Kier molecular flexibility index (Phi) is 8.74. The van der Waals surface area contributed by atoms with E-state index >= 15 is 4.39 Å². The molecule has 1 unspecified atom stereocenters. The number of carboxylic acid groups (broad SMARTS) is 1. The molecule has 0 aliphatic carbocycles. The minimum Gasteiger partial charge on any atom is -0.497 e. The van der Waals surface area contributed by atoms with Gasteiger partial charge in [-0.25, -0.2) is 4.39 Å². The number of nitrogens with zero attached hydrogens (tertiary/aromatic N) is 2. The van der Waals surface area contributed by atoms with E-state index in [4.69, 9.17) is 4.74 Å². The van der Waals surface area contributed by atoms with E-state index in [1.807, 2.05) is 29.5 Å². The summed E-state index contributed by atoms with van der Waals surface area (Å²) >= 11 is 1.86. The highest BCUT2D eigenvalue weighted by Gasteiger charge is 2.34. The highest BCUT2D eigenvalue weighted by atomic mass is 32.1. The summed E-state index contributed by atoms with van der Waals surface area (Å²) in [4.78, 5) is 21.4. The van der Waals surface area contributed by atoms with Crippen molar-refractivity contribution in [2.45, 2.75) is 51.6 Å². The van der Waals surface area contributed by atoms with E-state index in [2.05, 4.69) is 28.9 Å². The fourth-order valence-electron chi connectivity index (χ4n) is 5.21. The van der Waals surface area contributed by atoms with E-state index in [1.165, 1.54) is 9.75 Å². The molecule has 35 heavy (non-hydrogen) atoms. The van der Waals surface area contributed by atoms with Gasteiger partial charge in [0.05, 0.1) is 18.5 Å². The van der Waals surface area contributed by atoms with E-state index < -0.39 is 18.1 Å². The van der Waals surface area contributed by atoms with E-state index in [0.29, 0.717) is 30.7 Å². The van der Waals surface area contributed by atoms with Crippen molar-refractivity contribution in [2.24, 2.45) is 11.8 Å². The lowest BCUT2D eigenvalue weighted by Gasteiger charge is -2.37. The molecule has 5 nitrogen and oxygen atoms in total. The number of carboxylic acids is 1. The number of rotatable bonds is 11. The Morgan fingerprint density at radius 1 is 1.29 bits per heavy atom. The van der Waals surface area contributed by atoms with Gasteiger partial charge in [-0.15, -0.1) is 11.3 Å². The maximum Gasteiger partial charge on any atom is 0.308 e. The fraction of sp³-hybridized carbons (Fsp3) is 0.500. The van der Waals surface area contributed by atoms with Gasteiger partial charge in [0, 0.05) is 27.9 Å². The lowest BCUT2D eigenvalue weighted by Crippen LogP contribution is -2.44. The Labute approximate surface area is 210 Å². The molecule has 4 rings (SSSR count). The van der Waals surface area contributed by atoms with E-state index in [9.17, 15) is 9.90 Å². The number of fused-ring (bicyclic) bond motifs is 1. The Morgan fingerprint density at radius 2 is 2.14 bits per heavy atom. The first-order chi connectivity index (χ1) is 16.9. The van der Waals surface area contributed by atoms with Crippen molar-refractivity contribution in [1.82, 2.24) is 9.88 Å². The summed E-state index contributed by atoms with van der Waals surface area (Å²) in [6, 6.07) is 11.6. The van der Waals surface area contributed by atoms with Crippen molar-refractivity contribution in [1.29, 1.82) is 0 Å². The molecule has 3 heterocycles. The van der Waals surface area contributed by atoms with Crippen LogP contribution < -0.4 is 4.74 Å². The van der Waals surface area contributed by atoms with Gasteiger partial charge in [0.2, 0.25) is 0 Å². The van der Waals surface area contributed by atoms with Gasteiger partial charge < -0.3 is 14.7 Å². The van der Waals surface area contributed by atoms with Gasteiger partial charge in [-0.2, -0.15) is 0 Å². The Hall–Kier alpha value is -2.51. The van der Waals surface area contributed by atoms with Gasteiger partial charge in [-0.05, 0) is 106 Å². The molecule has 0 saturated carbocycles. The highest BCUT2D eigenvalue weighted by Crippen LogP contribution is 2.35. The minimum absolute atomic E-state index is 0.00117. The van der Waals surface area contributed by atoms with Crippen LogP contribution in [-0.2, 0) is 11.2 Å². The van der Waals surface area contributed by atoms with Gasteiger partial charge in [0.25, 0.3) is 0 Å². The normalized spacial score (nSPS) is 19.6. The second-order valence-corrected chi connectivity index (χ2v) is 11.0. The molecule has 3 atom stereocenters. The number of aromatic nitrogens is 1. The summed E-state index contributed by atoms with van der Waals surface area (Å²) in [7, 11) is 1.59. The van der Waals surface area contributed by atoms with Gasteiger partial charge in [0.1, 0.15) is 11.9 Å². The maximum absolute atomic E-state index is 15.4. The first-order valence-electron chi connectivity index (χ1n) is 12.5. The number of halogens is 1. The zero-order chi connectivity index (χ0) is 24.8. The van der Waals surface area contributed by atoms with Crippen LogP contribution >= 0.6 is 11.3 Å². The smallest absolute Gasteiger partial charge is 0.308 e. The molecule has 1 aliphatic heterocycles. The lowest BCUT2D eigenvalue weighted by molar-refractivity contribution is -0.146. The van der Waals surface area contributed by atoms with E-state index in [-0.39, 0.29) is 5.92 Å². The first kappa shape index (κ1) is 25.6. The molecular weight excluding hydrogens is 463 g/mol. The third kappa shape index (κ3) is 6.58. The number of thiophene rings is 1. The molecule has 0 bridgehead atoms. The first-order valence-corrected chi connectivity index (χ1v) is 13.3. The van der Waals surface area contributed by atoms with Crippen molar-refractivity contribution >= 4 is 28.2 Å². The third-order valence-corrected chi connectivity index (χ3v) is 8.27. The Bertz CT molecular complexity index is 1130. The van der Waals surface area contributed by atoms with Crippen molar-refractivity contribution in [3.05, 3.63) is 57.9 Å². The molecule has 1 aliphatic rings. The number of alkyl halides is 1. The average molecular weight is 499 g/mol. The molecule has 1 saturated heterocycles. The zero-order valence-corrected chi connectivity index (χ0v) is 21.4. The number of ether oxygens (including phenoxy) is 1. The Balaban J connectivity index is 1.30. The van der Waals surface area contributed by atoms with Gasteiger partial charge >= 0.3 is 5.97 Å². The number of pyridine rings is 1. The van der Waals surface area contributed by atoms with E-state index in [0.717, 1.165) is 49.7 Å². The van der Waals surface area contributed by atoms with Crippen molar-refractivity contribution in [2.75, 3.05) is 26.7 Å². The number of benzene rings is 1. The molecule has 7 heteroatoms. The predicted octanol–water partition coefficient (Wildman–Crippen LogP) is 6.45. The van der Waals surface area contributed by atoms with Gasteiger partial charge in [-0.3, -0.25) is 9.78 Å². The van der Waals surface area contributed by atoms with Crippen molar-refractivity contribution in [3.8, 4) is 5.75 Å². The number of carbonyl (C=O) groups is 1. The SMILES string of the molecule is COc1ccc2nccc(C(F)CC[C@@H]3CCN(CCCCc4ccc(C)s4)C[C@@H]3C(=O)O)c2c1. The molecule has 3 aromatic rings. The minimum atomic E-state index is -1.17. The number of hydrogen-bond donors (Lipinski definition) is 1. The zero-order valence-electron chi connectivity index (χ0n) is 20.6. The molecule has 0 radical (unpaired) electrons. The highest BCUT2D eigenvalue weighted by molar-refractivity contribution is 7.11. The Morgan fingerprint density at radius 3 is 2.89 bits per heavy atom. The molecule has 1 N–H and O–H groups in total. The van der Waals surface area contributed by atoms with Gasteiger partial charge in [-0.1, -0.05) is 0 Å². The van der Waals surface area contributed by atoms with Crippen LogP contribution in [0, 0.1) is 18.8 Å². The third-order valence-electron chi connectivity index (χ3n) is 7.21. The van der Waals surface area contributed by atoms with E-state index in [1.54, 1.807) is 19.4 Å². The topological polar surface area (TPSA) is 62.7 Å². The second-order valence-electron chi connectivity index (χ2n) is 9.59. The van der Waals surface area contributed by atoms with Crippen molar-refractivity contribution < 1.29 is 19.0 Å². The number of piperidine rings is 1. The molecule has 188 valence electrons. The molecule has 1 aromatic carbocycles. The van der Waals surface area contributed by atoms with Crippen LogP contribution in [0.2, 0.25) is 0 Å². The summed E-state index contributed by atoms with van der Waals surface area (Å²) in [5.41, 5.74) is 1.33. The van der Waals surface area contributed by atoms with Crippen LogP contribution in [0.3, 0.4) is 0 Å². The lowest BCUT2D eigenvalue weighted by atomic mass is 9.81. The summed E-state index contributed by atoms with van der Waals surface area (Å²) in [5.74, 6) is -0.532. The van der Waals surface area contributed by atoms with Crippen LogP contribution in [-0.4, -0.2) is 47.7 Å². The van der Waals surface area contributed by atoms with Crippen LogP contribution in [0.5, 0.6) is 5.75 Å². The number of hydrogen-bond acceptors (Lipinski definition) is 5. The fourth-order valence-corrected chi connectivity index (χ4v) is 6.15. The average Bonchev–Trinajstić information content (AvgIpc) is 3.29. The maximum atomic E-state index is 15.4. The van der Waals surface area contributed by atoms with Crippen molar-refractivity contribution in [3.63, 3.8) is 0 Å². The monoisotopic (exact) mass is 498 g/mol. The second kappa shape index (κ2) is 12.0. The number of aryl methyl sites for hydroxylation is 2. The number of likely N-dealkylation sites (tertiary alicyclic amines) is 1. The number of methoxy groups -OCH3 is 1. The molecule has 0 amide bonds. The molecule has 0 spiro atoms. The van der Waals surface area contributed by atoms with Crippen LogP contribution in [0.4, 0.5) is 4.39 Å². The van der Waals surface area contributed by atoms with Crippen LogP contribution in [0.15, 0.2) is 42.6 Å². The molecular formula is C28H35FN2O3S. The summed E-state index contributed by atoms with van der Waals surface area (Å²) < 4.78 is 20.7. The van der Waals surface area contributed by atoms with Gasteiger partial charge in [0.15, 0.2) is 0 Å². The number of aliphatic carboxylic acids is 1. The van der Waals surface area contributed by atoms with Crippen LogP contribution in [0.25, 0.3) is 10.9 Å². The predicted molar refractivity (Wildman–Crippen MR) is 139 cm³/mol. The summed E-state index contributed by atoms with van der Waals surface area (Å²) in [6.45, 7) is 4.51. The quantitative estimate of drug-likeness (QED) is 0.308. The standard InChI is InChI=1S/C28H35FN2O3S/c1-19-6-9-22(35-19)5-3-4-15-31-16-13-20(25(18-31)28(32)33)7-10-26(29)23-12-14-30-27-11-8-21(34-2)17-24(23)27/h6,8-9,11-12,14,17,20,25-26H,3-5,7,10,13,15-16,18H2,1-2H3,(H,32,33)/t20-,25+,26?/m1/s1. The molecule has 1 fully saturated rings. The summed E-state index contributed by atoms with van der Waals surface area (Å²) in [5, 5.41) is 10.6. The largest absolute Gasteiger partial charge is 0.497 e.